The van der Waals surface area contributed by atoms with Crippen LogP contribution in [0.4, 0.5) is 0 Å². The van der Waals surface area contributed by atoms with Crippen LogP contribution in [-0.2, 0) is 25.7 Å². The maximum Gasteiger partial charge on any atom is 0.123 e. The molecule has 9 rings (SSSR count). The molecule has 0 heterocycles. The Morgan fingerprint density at radius 1 is 0.219 bits per heavy atom. The Labute approximate surface area is 371 Å². The second-order valence-corrected chi connectivity index (χ2v) is 16.8. The van der Waals surface area contributed by atoms with E-state index in [0.29, 0.717) is 44.5 Å². The molecule has 0 spiro atoms. The van der Waals surface area contributed by atoms with E-state index >= 15 is 0 Å². The van der Waals surface area contributed by atoms with E-state index in [4.69, 9.17) is 0 Å². The maximum atomic E-state index is 11.9. The molecule has 0 radical (unpaired) electrons. The van der Waals surface area contributed by atoms with Gasteiger partial charge in [-0.05, 0) is 72.2 Å². The Morgan fingerprint density at radius 2 is 0.375 bits per heavy atom. The largest absolute Gasteiger partial charge is 0.508 e. The molecule has 8 nitrogen and oxygen atoms in total. The molecule has 1 aliphatic carbocycles. The summed E-state index contributed by atoms with van der Waals surface area (Å²) in [5, 5.41) is 95.3. The molecule has 0 fully saturated rings. The van der Waals surface area contributed by atoms with Crippen molar-refractivity contribution in [1.82, 2.24) is 0 Å². The van der Waals surface area contributed by atoms with Crippen molar-refractivity contribution < 1.29 is 40.9 Å². The third kappa shape index (κ3) is 8.26. The maximum absolute atomic E-state index is 11.9. The predicted octanol–water partition coefficient (Wildman–Crippen LogP) is 11.1. The molecule has 0 amide bonds. The van der Waals surface area contributed by atoms with Gasteiger partial charge in [-0.3, -0.25) is 0 Å². The average Bonchev–Trinajstić information content (AvgIpc) is 3.28. The number of fused-ring (bicyclic) bond motifs is 8. The van der Waals surface area contributed by atoms with Gasteiger partial charge in [0.2, 0.25) is 0 Å². The average molecular weight is 849 g/mol. The summed E-state index contributed by atoms with van der Waals surface area (Å²) in [6.07, 6.45) is 1.14. The summed E-state index contributed by atoms with van der Waals surface area (Å²) < 4.78 is 0. The molecule has 1 aliphatic rings. The van der Waals surface area contributed by atoms with Gasteiger partial charge in [-0.2, -0.15) is 0 Å². The van der Waals surface area contributed by atoms with Crippen LogP contribution in [0.25, 0.3) is 0 Å². The molecule has 0 aromatic heterocycles. The standard InChI is InChI=1S/C56H48O8/c57-49-29-51(59)43-25-41(49)37(21-33-13-5-1-6-14-33)42-26-44(52(60)30-50(42)58)39(23-35-17-9-3-10-18-35)46-28-48(56(64)32-54(46)62)40(24-36-19-11-4-12-20-36)47-27-45(53(61)31-55(47)63)38(43)22-34-15-7-2-8-16-34/h1-20,25-32,37-40,57-64H,21-24H2. The summed E-state index contributed by atoms with van der Waals surface area (Å²) in [5.41, 5.74) is 6.57. The van der Waals surface area contributed by atoms with E-state index in [1.165, 1.54) is 24.3 Å². The van der Waals surface area contributed by atoms with Crippen molar-refractivity contribution in [2.75, 3.05) is 0 Å². The van der Waals surface area contributed by atoms with Gasteiger partial charge in [-0.15, -0.1) is 0 Å². The van der Waals surface area contributed by atoms with Gasteiger partial charge in [0.1, 0.15) is 46.0 Å². The van der Waals surface area contributed by atoms with Gasteiger partial charge in [0.15, 0.2) is 0 Å². The molecule has 0 aliphatic heterocycles. The molecular formula is C56H48O8. The summed E-state index contributed by atoms with van der Waals surface area (Å²) in [6, 6.07) is 50.5. The molecule has 0 saturated carbocycles. The first-order valence-corrected chi connectivity index (χ1v) is 21.4. The fraction of sp³-hybridized carbons (Fsp3) is 0.143. The second-order valence-electron chi connectivity index (χ2n) is 16.8. The zero-order valence-corrected chi connectivity index (χ0v) is 34.9. The highest BCUT2D eigenvalue weighted by molar-refractivity contribution is 5.63. The van der Waals surface area contributed by atoms with Crippen LogP contribution in [0.1, 0.15) is 90.4 Å². The fourth-order valence-corrected chi connectivity index (χ4v) is 9.63. The topological polar surface area (TPSA) is 162 Å². The first-order valence-electron chi connectivity index (χ1n) is 21.4. The minimum atomic E-state index is -0.757. The molecule has 8 aromatic carbocycles. The molecule has 8 heteroatoms. The normalized spacial score (nSPS) is 16.9. The minimum Gasteiger partial charge on any atom is -0.508 e. The van der Waals surface area contributed by atoms with Crippen LogP contribution >= 0.6 is 0 Å². The van der Waals surface area contributed by atoms with Crippen molar-refractivity contribution in [3.8, 4) is 46.0 Å². The first-order chi connectivity index (χ1) is 31.0. The Morgan fingerprint density at radius 3 is 0.531 bits per heavy atom. The third-order valence-corrected chi connectivity index (χ3v) is 12.8. The summed E-state index contributed by atoms with van der Waals surface area (Å²) >= 11 is 0. The Bertz CT molecular complexity index is 2430. The van der Waals surface area contributed by atoms with Gasteiger partial charge >= 0.3 is 0 Å². The quantitative estimate of drug-likeness (QED) is 0.0749. The van der Waals surface area contributed by atoms with Crippen LogP contribution in [0.5, 0.6) is 46.0 Å². The van der Waals surface area contributed by atoms with E-state index in [0.717, 1.165) is 22.3 Å². The second kappa shape index (κ2) is 17.5. The van der Waals surface area contributed by atoms with E-state index in [-0.39, 0.29) is 71.7 Å². The molecule has 64 heavy (non-hydrogen) atoms. The van der Waals surface area contributed by atoms with Gasteiger partial charge in [0.05, 0.1) is 0 Å². The number of aromatic hydroxyl groups is 8. The van der Waals surface area contributed by atoms with E-state index in [1.54, 1.807) is 24.3 Å². The molecule has 8 bridgehead atoms. The van der Waals surface area contributed by atoms with Crippen molar-refractivity contribution in [1.29, 1.82) is 0 Å². The van der Waals surface area contributed by atoms with Crippen LogP contribution in [0.2, 0.25) is 0 Å². The van der Waals surface area contributed by atoms with Crippen molar-refractivity contribution in [2.45, 2.75) is 49.4 Å². The lowest BCUT2D eigenvalue weighted by atomic mass is 9.76. The van der Waals surface area contributed by atoms with Crippen molar-refractivity contribution >= 4 is 0 Å². The van der Waals surface area contributed by atoms with Gasteiger partial charge in [-0.1, -0.05) is 121 Å². The third-order valence-electron chi connectivity index (χ3n) is 12.8. The van der Waals surface area contributed by atoms with Crippen LogP contribution in [0.3, 0.4) is 0 Å². The summed E-state index contributed by atoms with van der Waals surface area (Å²) in [5.74, 6) is -4.84. The van der Waals surface area contributed by atoms with Crippen molar-refractivity contribution in [2.24, 2.45) is 0 Å². The monoisotopic (exact) mass is 848 g/mol. The number of hydrogen-bond acceptors (Lipinski definition) is 8. The van der Waals surface area contributed by atoms with E-state index in [1.807, 2.05) is 121 Å². The lowest BCUT2D eigenvalue weighted by Gasteiger charge is -2.29. The Kier molecular flexibility index (Phi) is 11.3. The zero-order valence-electron chi connectivity index (χ0n) is 34.9. The lowest BCUT2D eigenvalue weighted by molar-refractivity contribution is 0.425. The molecule has 8 N–H and O–H groups in total. The molecule has 8 aromatic rings. The Balaban J connectivity index is 1.39. The van der Waals surface area contributed by atoms with E-state index in [9.17, 15) is 40.9 Å². The molecule has 320 valence electrons. The van der Waals surface area contributed by atoms with Crippen LogP contribution in [0.15, 0.2) is 170 Å². The Hall–Kier alpha value is -7.84. The van der Waals surface area contributed by atoms with Crippen LogP contribution in [0, 0.1) is 0 Å². The SMILES string of the molecule is Oc1cc(O)c2cc1C(Cc1ccccc1)c1cc(c(O)cc1O)C(Cc1ccccc1)c1cc(c(O)cc1O)C(Cc1ccccc1)c1cc(c(O)cc1O)C2Cc1ccccc1. The number of phenols is 8. The van der Waals surface area contributed by atoms with Gasteiger partial charge in [0.25, 0.3) is 0 Å². The van der Waals surface area contributed by atoms with Crippen LogP contribution < -0.4 is 0 Å². The highest BCUT2D eigenvalue weighted by atomic mass is 16.3. The number of rotatable bonds is 8. The summed E-state index contributed by atoms with van der Waals surface area (Å²) in [4.78, 5) is 0. The van der Waals surface area contributed by atoms with Crippen molar-refractivity contribution in [3.05, 3.63) is 237 Å². The van der Waals surface area contributed by atoms with Crippen LogP contribution in [-0.4, -0.2) is 40.9 Å². The van der Waals surface area contributed by atoms with Crippen molar-refractivity contribution in [3.63, 3.8) is 0 Å². The molecule has 0 atom stereocenters. The van der Waals surface area contributed by atoms with Gasteiger partial charge in [0, 0.05) is 92.4 Å². The summed E-state index contributed by atoms with van der Waals surface area (Å²) in [7, 11) is 0. The van der Waals surface area contributed by atoms with E-state index < -0.39 is 23.7 Å². The zero-order chi connectivity index (χ0) is 44.5. The first kappa shape index (κ1) is 41.5. The molecular weight excluding hydrogens is 801 g/mol. The highest BCUT2D eigenvalue weighted by Crippen LogP contribution is 2.51. The lowest BCUT2D eigenvalue weighted by Crippen LogP contribution is -2.14. The predicted molar refractivity (Wildman–Crippen MR) is 247 cm³/mol. The number of hydrogen-bond donors (Lipinski definition) is 8. The van der Waals surface area contributed by atoms with Gasteiger partial charge < -0.3 is 40.9 Å². The summed E-state index contributed by atoms with van der Waals surface area (Å²) in [6.45, 7) is 0. The molecule has 0 unspecified atom stereocenters. The smallest absolute Gasteiger partial charge is 0.123 e. The molecule has 0 saturated heterocycles. The minimum absolute atomic E-state index is 0.226. The fourth-order valence-electron chi connectivity index (χ4n) is 9.63. The number of phenolic OH excluding ortho intramolecular Hbond substituents is 8. The highest BCUT2D eigenvalue weighted by Gasteiger charge is 2.34. The number of benzene rings is 8. The van der Waals surface area contributed by atoms with E-state index in [2.05, 4.69) is 0 Å². The van der Waals surface area contributed by atoms with Gasteiger partial charge in [-0.25, -0.2) is 0 Å².